The number of hydrogen-bond donors (Lipinski definition) is 0. The lowest BCUT2D eigenvalue weighted by Gasteiger charge is -2.40. The van der Waals surface area contributed by atoms with Crippen LogP contribution in [0.2, 0.25) is 0 Å². The molecule has 9 aromatic rings. The van der Waals surface area contributed by atoms with Crippen molar-refractivity contribution in [3.8, 4) is 22.3 Å². The van der Waals surface area contributed by atoms with E-state index in [0.717, 1.165) is 66.4 Å². The highest BCUT2D eigenvalue weighted by Crippen LogP contribution is 2.51. The van der Waals surface area contributed by atoms with E-state index in [4.69, 9.17) is 9.98 Å². The maximum Gasteiger partial charge on any atom is 0.186 e. The molecule has 0 aromatic heterocycles. The summed E-state index contributed by atoms with van der Waals surface area (Å²) in [7, 11) is 0. The third kappa shape index (κ3) is 7.75. The fourth-order valence-corrected chi connectivity index (χ4v) is 13.2. The number of hydrogen-bond acceptors (Lipinski definition) is 3. The zero-order chi connectivity index (χ0) is 43.1. The third-order valence-corrected chi connectivity index (χ3v) is 16.0. The molecular formula is C60H43N2OP. The number of benzene rings is 9. The molecule has 10 rings (SSSR count). The Hall–Kier alpha value is -7.97. The van der Waals surface area contributed by atoms with Crippen LogP contribution in [0.4, 0.5) is 11.4 Å². The van der Waals surface area contributed by atoms with Gasteiger partial charge in [-0.25, -0.2) is 9.98 Å². The summed E-state index contributed by atoms with van der Waals surface area (Å²) in [6, 6.07) is 88.1. The van der Waals surface area contributed by atoms with E-state index in [2.05, 4.69) is 164 Å². The zero-order valence-corrected chi connectivity index (χ0v) is 36.0. The highest BCUT2D eigenvalue weighted by Gasteiger charge is 2.44. The highest BCUT2D eigenvalue weighted by atomic mass is 31.2. The van der Waals surface area contributed by atoms with E-state index >= 15 is 0 Å². The van der Waals surface area contributed by atoms with E-state index < -0.39 is 6.89 Å². The number of Topliss-reactive ketones (excluding diaryl/α,β-unsaturated/α-hetero) is 1. The van der Waals surface area contributed by atoms with Crippen LogP contribution in [-0.2, 0) is 0 Å². The molecule has 1 saturated carbocycles. The first-order valence-electron chi connectivity index (χ1n) is 21.5. The fraction of sp³-hybridized carbons (Fsp3) is 0. The van der Waals surface area contributed by atoms with Crippen LogP contribution >= 0.6 is 6.89 Å². The Kier molecular flexibility index (Phi) is 11.4. The van der Waals surface area contributed by atoms with Crippen molar-refractivity contribution in [1.29, 1.82) is 0 Å². The van der Waals surface area contributed by atoms with Crippen LogP contribution in [-0.4, -0.2) is 22.5 Å². The predicted octanol–water partition coefficient (Wildman–Crippen LogP) is 11.6. The van der Waals surface area contributed by atoms with Crippen LogP contribution < -0.4 is 26.4 Å². The molecule has 64 heavy (non-hydrogen) atoms. The van der Waals surface area contributed by atoms with E-state index in [1.807, 2.05) is 91.0 Å². The molecular weight excluding hydrogens is 796 g/mol. The first-order valence-corrected chi connectivity index (χ1v) is 23.3. The number of para-hydroxylation sites is 2. The van der Waals surface area contributed by atoms with E-state index in [1.165, 1.54) is 15.9 Å². The average Bonchev–Trinajstić information content (AvgIpc) is 3.37. The van der Waals surface area contributed by atoms with Crippen LogP contribution in [0.1, 0.15) is 10.4 Å². The number of rotatable bonds is 9. The summed E-state index contributed by atoms with van der Waals surface area (Å²) in [6.45, 7) is -2.74. The van der Waals surface area contributed by atoms with Crippen LogP contribution in [0.25, 0.3) is 33.9 Å². The number of carbonyl (C=O) groups is 1. The molecule has 0 bridgehead atoms. The Morgan fingerprint density at radius 2 is 0.750 bits per heavy atom. The molecule has 1 aliphatic carbocycles. The van der Waals surface area contributed by atoms with Crippen molar-refractivity contribution in [3.63, 3.8) is 0 Å². The van der Waals surface area contributed by atoms with Gasteiger partial charge in [0.15, 0.2) is 5.78 Å². The van der Waals surface area contributed by atoms with Crippen molar-refractivity contribution in [2.75, 3.05) is 0 Å². The van der Waals surface area contributed by atoms with Gasteiger partial charge in [0.1, 0.15) is 0 Å². The molecule has 0 aliphatic heterocycles. The molecule has 0 unspecified atom stereocenters. The van der Waals surface area contributed by atoms with Gasteiger partial charge in [-0.15, -0.1) is 0 Å². The topological polar surface area (TPSA) is 41.8 Å². The second kappa shape index (κ2) is 18.2. The minimum absolute atomic E-state index is 0.0581. The van der Waals surface area contributed by atoms with Crippen LogP contribution in [0, 0.1) is 0 Å². The van der Waals surface area contributed by atoms with Gasteiger partial charge in [0.05, 0.1) is 22.8 Å². The molecule has 0 atom stereocenters. The summed E-state index contributed by atoms with van der Waals surface area (Å²) in [5.41, 5.74) is 9.00. The molecule has 0 heterocycles. The maximum atomic E-state index is 14.1. The summed E-state index contributed by atoms with van der Waals surface area (Å²) in [4.78, 5) is 25.5. The molecule has 4 heteroatoms. The van der Waals surface area contributed by atoms with Gasteiger partial charge in [-0.05, 0) is 98.0 Å². The number of aliphatic imine (C=N–C) groups is 2. The van der Waals surface area contributed by atoms with Gasteiger partial charge in [-0.1, -0.05) is 218 Å². The summed E-state index contributed by atoms with van der Waals surface area (Å²) < 4.78 is 0. The second-order valence-corrected chi connectivity index (χ2v) is 18.9. The molecule has 304 valence electrons. The molecule has 1 fully saturated rings. The second-order valence-electron chi connectivity index (χ2n) is 15.6. The van der Waals surface area contributed by atoms with Gasteiger partial charge < -0.3 is 0 Å². The zero-order valence-electron chi connectivity index (χ0n) is 35.1. The Labute approximate surface area is 374 Å². The Morgan fingerprint density at radius 3 is 1.17 bits per heavy atom. The fourth-order valence-electron chi connectivity index (χ4n) is 8.74. The first kappa shape index (κ1) is 40.1. The van der Waals surface area contributed by atoms with Crippen LogP contribution in [0.15, 0.2) is 265 Å². The number of nitrogens with zero attached hydrogens (tertiary/aromatic N) is 2. The van der Waals surface area contributed by atoms with Crippen molar-refractivity contribution >= 4 is 68.3 Å². The van der Waals surface area contributed by atoms with Gasteiger partial charge >= 0.3 is 0 Å². The maximum absolute atomic E-state index is 14.1. The molecule has 0 N–H and O–H groups in total. The van der Waals surface area contributed by atoms with E-state index in [9.17, 15) is 4.79 Å². The minimum Gasteiger partial charge on any atom is -0.289 e. The lowest BCUT2D eigenvalue weighted by molar-refractivity contribution is 0.106. The molecule has 9 aromatic carbocycles. The Balaban J connectivity index is 1.45. The Bertz CT molecular complexity index is 3170. The third-order valence-electron chi connectivity index (χ3n) is 11.7. The summed E-state index contributed by atoms with van der Waals surface area (Å²) in [5.74, 6) is -0.0581. The quantitative estimate of drug-likeness (QED) is 0.105. The largest absolute Gasteiger partial charge is 0.289 e. The lowest BCUT2D eigenvalue weighted by atomic mass is 9.81. The predicted molar refractivity (Wildman–Crippen MR) is 272 cm³/mol. The van der Waals surface area contributed by atoms with Crippen molar-refractivity contribution in [3.05, 3.63) is 271 Å². The minimum atomic E-state index is -2.74. The van der Waals surface area contributed by atoms with Crippen LogP contribution in [0.5, 0.6) is 0 Å². The molecule has 0 amide bonds. The number of carbonyl (C=O) groups excluding carboxylic acids is 1. The van der Waals surface area contributed by atoms with Gasteiger partial charge in [0, 0.05) is 16.4 Å². The molecule has 0 saturated heterocycles. The van der Waals surface area contributed by atoms with Crippen molar-refractivity contribution in [1.82, 2.24) is 0 Å². The first-order chi connectivity index (χ1) is 31.7. The van der Waals surface area contributed by atoms with Gasteiger partial charge in [-0.3, -0.25) is 4.79 Å². The smallest absolute Gasteiger partial charge is 0.186 e. The van der Waals surface area contributed by atoms with Crippen molar-refractivity contribution < 1.29 is 4.79 Å². The van der Waals surface area contributed by atoms with Crippen molar-refractivity contribution in [2.24, 2.45) is 9.98 Å². The van der Waals surface area contributed by atoms with Gasteiger partial charge in [0.25, 0.3) is 0 Å². The standard InChI is InChI=1S/C60H43N2OP/c63-56(46-29-13-3-14-30-46)42-47-41-54(45-27-11-2-12-28-45)55(43-53(47)44-25-9-1-10-26-44)57-58(61-48-31-15-4-16-32-48)60(59(57)62-49-33-17-5-18-34-49)64(50-35-19-6-20-36-50,51-37-21-7-22-38-51)52-39-23-8-24-40-52/h1-43H. The Morgan fingerprint density at radius 1 is 0.391 bits per heavy atom. The molecule has 1 aliphatic rings. The van der Waals surface area contributed by atoms with E-state index in [0.29, 0.717) is 5.56 Å². The molecule has 0 radical (unpaired) electrons. The van der Waals surface area contributed by atoms with Crippen molar-refractivity contribution in [2.45, 2.75) is 0 Å². The average molecular weight is 839 g/mol. The highest BCUT2D eigenvalue weighted by molar-refractivity contribution is 7.98. The monoisotopic (exact) mass is 838 g/mol. The van der Waals surface area contributed by atoms with Gasteiger partial charge in [0.2, 0.25) is 0 Å². The van der Waals surface area contributed by atoms with E-state index in [1.54, 1.807) is 6.08 Å². The summed E-state index contributed by atoms with van der Waals surface area (Å²) in [5, 5.41) is 6.54. The van der Waals surface area contributed by atoms with Crippen LogP contribution in [0.3, 0.4) is 0 Å². The molecule has 3 nitrogen and oxygen atoms in total. The summed E-state index contributed by atoms with van der Waals surface area (Å²) in [6.07, 6.45) is 1.78. The summed E-state index contributed by atoms with van der Waals surface area (Å²) >= 11 is 0. The van der Waals surface area contributed by atoms with E-state index in [-0.39, 0.29) is 5.78 Å². The molecule has 0 spiro atoms. The lowest BCUT2D eigenvalue weighted by Crippen LogP contribution is -2.49. The van der Waals surface area contributed by atoms with Gasteiger partial charge in [-0.2, -0.15) is 0 Å². The SMILES string of the molecule is O=C(C=c1cc(-c2ccccc2)c(=C2C(=Nc3ccccc3)C(=P(c3ccccc3)(c3ccccc3)c3ccccc3)C2=Nc2ccccc2)cc1-c1ccccc1)c1ccccc1. The normalized spacial score (nSPS) is 14.1. The number of ketones is 1.